The number of nitrogens with one attached hydrogen (secondary N) is 4. The van der Waals surface area contributed by atoms with E-state index in [0.717, 1.165) is 74.8 Å². The van der Waals surface area contributed by atoms with Gasteiger partial charge in [0.15, 0.2) is 0 Å². The average molecular weight is 782 g/mol. The zero-order valence-electron chi connectivity index (χ0n) is 32.1. The van der Waals surface area contributed by atoms with E-state index >= 15 is 0 Å². The number of hydrogen-bond donors (Lipinski definition) is 4. The summed E-state index contributed by atoms with van der Waals surface area (Å²) in [5.41, 5.74) is 5.60. The van der Waals surface area contributed by atoms with Gasteiger partial charge < -0.3 is 39.9 Å². The number of carbonyl (C=O) groups is 4. The number of hydrogen-bond acceptors (Lipinski definition) is 10. The molecule has 0 spiro atoms. The molecule has 0 aliphatic carbocycles. The van der Waals surface area contributed by atoms with E-state index in [0.29, 0.717) is 25.3 Å². The molecule has 0 unspecified atom stereocenters. The fourth-order valence-corrected chi connectivity index (χ4v) is 8.55. The van der Waals surface area contributed by atoms with Crippen LogP contribution in [0, 0.1) is 5.92 Å². The normalized spacial score (nSPS) is 18.0. The molecule has 16 heteroatoms. The number of fused-ring (bicyclic) bond motifs is 1. The number of rotatable bonds is 11. The van der Waals surface area contributed by atoms with Gasteiger partial charge in [-0.3, -0.25) is 9.59 Å². The number of nitrogens with zero attached hydrogens (tertiary/aromatic N) is 5. The monoisotopic (exact) mass is 781 g/mol. The summed E-state index contributed by atoms with van der Waals surface area (Å²) in [6, 6.07) is 12.7. The molecule has 2 aliphatic heterocycles. The second-order valence-corrected chi connectivity index (χ2v) is 15.5. The summed E-state index contributed by atoms with van der Waals surface area (Å²) in [5.74, 6) is 1.02. The van der Waals surface area contributed by atoms with Crippen molar-refractivity contribution in [3.05, 3.63) is 66.5 Å². The fourth-order valence-electron chi connectivity index (χ4n) is 7.58. The topological polar surface area (TPSA) is 188 Å². The molecule has 0 saturated carbocycles. The van der Waals surface area contributed by atoms with Crippen LogP contribution < -0.4 is 10.6 Å². The molecule has 3 aromatic heterocycles. The zero-order valence-corrected chi connectivity index (χ0v) is 32.9. The third-order valence-electron chi connectivity index (χ3n) is 10.6. The number of alkyl carbamates (subject to hydrolysis) is 2. The Morgan fingerprint density at radius 1 is 0.804 bits per heavy atom. The lowest BCUT2D eigenvalue weighted by Gasteiger charge is -2.29. The van der Waals surface area contributed by atoms with Crippen molar-refractivity contribution in [2.75, 3.05) is 27.3 Å². The van der Waals surface area contributed by atoms with Gasteiger partial charge in [0.1, 0.15) is 28.7 Å². The first-order valence-corrected chi connectivity index (χ1v) is 19.8. The van der Waals surface area contributed by atoms with Crippen LogP contribution in [0.1, 0.15) is 76.6 Å². The molecule has 5 aromatic rings. The van der Waals surface area contributed by atoms with Crippen LogP contribution in [-0.2, 0) is 19.1 Å². The molecule has 0 bridgehead atoms. The first-order valence-electron chi connectivity index (χ1n) is 19.0. The predicted octanol–water partition coefficient (Wildman–Crippen LogP) is 6.59. The van der Waals surface area contributed by atoms with Crippen LogP contribution in [-0.4, -0.2) is 98.1 Å². The number of ether oxygens (including phenoxy) is 2. The molecular formula is C40H47N9O6S. The number of imidazole rings is 2. The Morgan fingerprint density at radius 2 is 1.38 bits per heavy atom. The van der Waals surface area contributed by atoms with Crippen molar-refractivity contribution in [1.29, 1.82) is 0 Å². The SMILES string of the molecule is CC[C@H](NC(=O)OC)C(=O)N1CCC[C@H]1c1ncc(-c2ccc(-c3ccc4nc(-c5cnc([C@@H]6CCCN6C(=O)[C@@H](NC(=O)OC)C(C)C)[nH]5)sc4c3)cc2)[nH]1. The summed E-state index contributed by atoms with van der Waals surface area (Å²) >= 11 is 1.57. The number of aromatic nitrogens is 5. The van der Waals surface area contributed by atoms with E-state index in [9.17, 15) is 19.2 Å². The summed E-state index contributed by atoms with van der Waals surface area (Å²) in [7, 11) is 2.57. The smallest absolute Gasteiger partial charge is 0.407 e. The maximum absolute atomic E-state index is 13.6. The standard InChI is InChI=1S/C40H47N9O6S/c1-6-26(46-39(52)54-4)37(50)48-17-7-9-30(48)34-41-20-28(43-34)24-13-11-23(12-14-24)25-15-16-27-32(19-25)56-36(45-27)29-21-42-35(44-29)31-10-8-18-49(31)38(51)33(22(2)3)47-40(53)55-5/h11-16,19-22,26,30-31,33H,6-10,17-18H2,1-5H3,(H,41,43)(H,42,44)(H,46,52)(H,47,53)/t26-,30-,31-,33-/m0/s1. The number of likely N-dealkylation sites (tertiary alicyclic amines) is 2. The Morgan fingerprint density at radius 3 is 2.00 bits per heavy atom. The first-order chi connectivity index (χ1) is 27.1. The molecular weight excluding hydrogens is 735 g/mol. The lowest BCUT2D eigenvalue weighted by Crippen LogP contribution is -2.51. The van der Waals surface area contributed by atoms with E-state index in [1.807, 2.05) is 26.8 Å². The van der Waals surface area contributed by atoms with Crippen molar-refractivity contribution >= 4 is 45.6 Å². The lowest BCUT2D eigenvalue weighted by atomic mass is 10.0. The van der Waals surface area contributed by atoms with Crippen molar-refractivity contribution in [3.63, 3.8) is 0 Å². The lowest BCUT2D eigenvalue weighted by molar-refractivity contribution is -0.135. The molecule has 4 amide bonds. The quantitative estimate of drug-likeness (QED) is 0.115. The number of benzene rings is 2. The third kappa shape index (κ3) is 7.83. The van der Waals surface area contributed by atoms with E-state index in [-0.39, 0.29) is 29.8 Å². The molecule has 0 radical (unpaired) electrons. The Balaban J connectivity index is 1.03. The summed E-state index contributed by atoms with van der Waals surface area (Å²) < 4.78 is 10.5. The average Bonchev–Trinajstić information content (AvgIpc) is 4.06. The predicted molar refractivity (Wildman–Crippen MR) is 211 cm³/mol. The van der Waals surface area contributed by atoms with Gasteiger partial charge in [0.2, 0.25) is 11.8 Å². The second-order valence-electron chi connectivity index (χ2n) is 14.5. The molecule has 4 atom stereocenters. The molecule has 5 heterocycles. The molecule has 2 saturated heterocycles. The largest absolute Gasteiger partial charge is 0.453 e. The van der Waals surface area contributed by atoms with Crippen LogP contribution >= 0.6 is 11.3 Å². The van der Waals surface area contributed by atoms with Gasteiger partial charge in [0.25, 0.3) is 0 Å². The van der Waals surface area contributed by atoms with E-state index in [1.54, 1.807) is 33.5 Å². The highest BCUT2D eigenvalue weighted by atomic mass is 32.1. The molecule has 4 N–H and O–H groups in total. The van der Waals surface area contributed by atoms with Gasteiger partial charge in [0.05, 0.1) is 60.3 Å². The highest BCUT2D eigenvalue weighted by Crippen LogP contribution is 2.37. The Labute approximate surface area is 328 Å². The maximum atomic E-state index is 13.6. The van der Waals surface area contributed by atoms with E-state index in [2.05, 4.69) is 67.0 Å². The molecule has 294 valence electrons. The van der Waals surface area contributed by atoms with Crippen molar-refractivity contribution in [2.45, 2.75) is 77.0 Å². The van der Waals surface area contributed by atoms with Gasteiger partial charge in [-0.25, -0.2) is 24.5 Å². The number of aromatic amines is 2. The van der Waals surface area contributed by atoms with E-state index < -0.39 is 24.3 Å². The van der Waals surface area contributed by atoms with Gasteiger partial charge >= 0.3 is 12.2 Å². The van der Waals surface area contributed by atoms with E-state index in [1.165, 1.54) is 14.2 Å². The summed E-state index contributed by atoms with van der Waals surface area (Å²) in [4.78, 5) is 75.4. The Bertz CT molecular complexity index is 2210. The third-order valence-corrected chi connectivity index (χ3v) is 11.7. The fraction of sp³-hybridized carbons (Fsp3) is 0.425. The van der Waals surface area contributed by atoms with Crippen LogP contribution in [0.2, 0.25) is 0 Å². The van der Waals surface area contributed by atoms with Crippen molar-refractivity contribution in [3.8, 4) is 33.1 Å². The summed E-state index contributed by atoms with van der Waals surface area (Å²) in [5, 5.41) is 6.14. The van der Waals surface area contributed by atoms with Gasteiger partial charge in [-0.15, -0.1) is 11.3 Å². The highest BCUT2D eigenvalue weighted by Gasteiger charge is 2.38. The van der Waals surface area contributed by atoms with Crippen LogP contribution in [0.15, 0.2) is 54.9 Å². The van der Waals surface area contributed by atoms with Gasteiger partial charge in [-0.2, -0.15) is 0 Å². The number of H-pyrrole nitrogens is 2. The van der Waals surface area contributed by atoms with Crippen molar-refractivity contribution < 1.29 is 28.7 Å². The summed E-state index contributed by atoms with van der Waals surface area (Å²) in [6.45, 7) is 6.83. The second kappa shape index (κ2) is 16.5. The number of amides is 4. The van der Waals surface area contributed by atoms with Crippen LogP contribution in [0.4, 0.5) is 9.59 Å². The van der Waals surface area contributed by atoms with Crippen LogP contribution in [0.25, 0.3) is 43.3 Å². The van der Waals surface area contributed by atoms with Gasteiger partial charge in [0, 0.05) is 13.1 Å². The van der Waals surface area contributed by atoms with E-state index in [4.69, 9.17) is 14.5 Å². The molecule has 2 fully saturated rings. The van der Waals surface area contributed by atoms with Crippen LogP contribution in [0.3, 0.4) is 0 Å². The van der Waals surface area contributed by atoms with Crippen molar-refractivity contribution in [1.82, 2.24) is 45.4 Å². The summed E-state index contributed by atoms with van der Waals surface area (Å²) in [6.07, 6.45) is 6.01. The number of methoxy groups -OCH3 is 2. The number of carbonyl (C=O) groups excluding carboxylic acids is 4. The molecule has 15 nitrogen and oxygen atoms in total. The molecule has 2 aliphatic rings. The first kappa shape index (κ1) is 38.5. The van der Waals surface area contributed by atoms with Crippen LogP contribution in [0.5, 0.6) is 0 Å². The minimum absolute atomic E-state index is 0.113. The Kier molecular flexibility index (Phi) is 11.4. The number of thiazole rings is 1. The van der Waals surface area contributed by atoms with Gasteiger partial charge in [-0.1, -0.05) is 51.1 Å². The minimum Gasteiger partial charge on any atom is -0.453 e. The molecule has 2 aromatic carbocycles. The Hall–Kier alpha value is -5.77. The van der Waals surface area contributed by atoms with Gasteiger partial charge in [-0.05, 0) is 66.8 Å². The van der Waals surface area contributed by atoms with Crippen molar-refractivity contribution in [2.24, 2.45) is 5.92 Å². The highest BCUT2D eigenvalue weighted by molar-refractivity contribution is 7.21. The molecule has 56 heavy (non-hydrogen) atoms. The maximum Gasteiger partial charge on any atom is 0.407 e. The molecule has 7 rings (SSSR count). The minimum atomic E-state index is -0.698. The zero-order chi connectivity index (χ0) is 39.5.